The lowest BCUT2D eigenvalue weighted by atomic mass is 10.0. The fourth-order valence-corrected chi connectivity index (χ4v) is 11.7. The molecule has 0 heterocycles. The maximum Gasteiger partial charge on any atom is 0.306 e. The molecule has 0 aliphatic rings. The summed E-state index contributed by atoms with van der Waals surface area (Å²) < 4.78 is 22.9. The Labute approximate surface area is 647 Å². The number of carbonyl (C=O) groups is 3. The predicted octanol–water partition coefficient (Wildman–Crippen LogP) is 26.9. The molecule has 0 bridgehead atoms. The van der Waals surface area contributed by atoms with Crippen LogP contribution in [0.25, 0.3) is 0 Å². The van der Waals surface area contributed by atoms with Gasteiger partial charge in [-0.25, -0.2) is 0 Å². The summed E-state index contributed by atoms with van der Waals surface area (Å²) in [7, 11) is 5.94. The molecule has 0 aliphatic carbocycles. The first-order valence-electron chi connectivity index (χ1n) is 42.9. The van der Waals surface area contributed by atoms with Gasteiger partial charge in [0.1, 0.15) is 13.2 Å². The summed E-state index contributed by atoms with van der Waals surface area (Å²) in [6.07, 6.45) is 125. The molecule has 2 atom stereocenters. The standard InChI is InChI=1S/C96H159NO8/c1-6-8-10-12-14-16-18-20-22-24-26-28-30-32-34-36-38-40-42-44-46-47-49-51-53-55-57-59-61-63-65-67-69-71-73-75-77-79-81-83-85-87-94(99)105-92(91-104-96(95(100)101)102-89-88-97(3,4)5)90-103-93(98)86-84-82-80-78-76-74-72-70-68-66-64-62-60-58-56-54-52-50-48-45-43-41-39-37-35-33-31-29-27-25-23-21-19-17-15-13-11-9-7-2/h8-11,14-17,20-23,26-29,32-35,38-41,44,46,49,51,55,57,92,96H,6-7,12-13,18-19,24-25,30-31,36-37,42-43,45,47-48,50,52-54,56,58-91H2,1-5H3/b10-8-,11-9-,16-14-,17-15-,22-20-,23-21-,28-26-,29-27-,34-32-,35-33-,40-38-,41-39-,46-44-,51-49-,57-55-. The summed E-state index contributed by atoms with van der Waals surface area (Å²) in [6.45, 7) is 4.54. The molecule has 0 aromatic heterocycles. The summed E-state index contributed by atoms with van der Waals surface area (Å²) in [5, 5.41) is 11.9. The smallest absolute Gasteiger partial charge is 0.306 e. The first kappa shape index (κ1) is 99.4. The van der Waals surface area contributed by atoms with E-state index >= 15 is 0 Å². The lowest BCUT2D eigenvalue weighted by Gasteiger charge is -2.26. The molecule has 2 unspecified atom stereocenters. The van der Waals surface area contributed by atoms with Gasteiger partial charge in [-0.2, -0.15) is 0 Å². The fraction of sp³-hybridized carbons (Fsp3) is 0.656. The maximum atomic E-state index is 13.0. The average Bonchev–Trinajstić information content (AvgIpc) is 1.18. The van der Waals surface area contributed by atoms with E-state index in [9.17, 15) is 19.5 Å². The average molecular weight is 1460 g/mol. The Hall–Kier alpha value is -5.61. The van der Waals surface area contributed by atoms with Crippen molar-refractivity contribution in [2.75, 3.05) is 47.5 Å². The monoisotopic (exact) mass is 1450 g/mol. The van der Waals surface area contributed by atoms with E-state index in [1.54, 1.807) is 0 Å². The molecule has 0 N–H and O–H groups in total. The van der Waals surface area contributed by atoms with E-state index in [1.807, 2.05) is 21.1 Å². The first-order valence-corrected chi connectivity index (χ1v) is 42.9. The Morgan fingerprint density at radius 2 is 0.514 bits per heavy atom. The summed E-state index contributed by atoms with van der Waals surface area (Å²) in [4.78, 5) is 37.7. The van der Waals surface area contributed by atoms with Crippen molar-refractivity contribution in [2.45, 2.75) is 360 Å². The van der Waals surface area contributed by atoms with Crippen LogP contribution >= 0.6 is 0 Å². The van der Waals surface area contributed by atoms with Crippen LogP contribution in [0.2, 0.25) is 0 Å². The highest BCUT2D eigenvalue weighted by atomic mass is 16.7. The SMILES string of the molecule is CC/C=C\C/C=C\C/C=C\C/C=C\C/C=C\C/C=C\C/C=C\C/C=C\C/C=C\CCCCCCCCCCCCCCCC(=O)OC(COC(=O)CCCCCCCCCCCCCCCCCCCCCC/C=C\C/C=C\C/C=C\C/C=C\C/C=C\C/C=C\CC)COC(OCC[N+](C)(C)C)C(=O)[O-]. The van der Waals surface area contributed by atoms with Crippen LogP contribution < -0.4 is 5.11 Å². The van der Waals surface area contributed by atoms with Crippen LogP contribution in [0.5, 0.6) is 0 Å². The highest BCUT2D eigenvalue weighted by molar-refractivity contribution is 5.70. The van der Waals surface area contributed by atoms with Crippen LogP contribution in [0.3, 0.4) is 0 Å². The van der Waals surface area contributed by atoms with Gasteiger partial charge in [-0.05, 0) is 135 Å². The Kier molecular flexibility index (Phi) is 79.5. The number of aliphatic carboxylic acids is 1. The van der Waals surface area contributed by atoms with E-state index in [0.29, 0.717) is 17.4 Å². The molecule has 0 aromatic rings. The number of hydrogen-bond donors (Lipinski definition) is 0. The van der Waals surface area contributed by atoms with E-state index in [2.05, 4.69) is 196 Å². The first-order chi connectivity index (χ1) is 51.6. The van der Waals surface area contributed by atoms with Crippen LogP contribution in [-0.4, -0.2) is 82.3 Å². The van der Waals surface area contributed by atoms with Gasteiger partial charge in [-0.15, -0.1) is 0 Å². The van der Waals surface area contributed by atoms with Crippen molar-refractivity contribution < 1.29 is 42.9 Å². The number of quaternary nitrogens is 1. The molecule has 0 rings (SSSR count). The third kappa shape index (κ3) is 85.5. The Balaban J connectivity index is 4.03. The van der Waals surface area contributed by atoms with Gasteiger partial charge >= 0.3 is 11.9 Å². The lowest BCUT2D eigenvalue weighted by Crippen LogP contribution is -2.44. The molecule has 0 saturated carbocycles. The van der Waals surface area contributed by atoms with E-state index < -0.39 is 24.3 Å². The highest BCUT2D eigenvalue weighted by Crippen LogP contribution is 2.18. The van der Waals surface area contributed by atoms with Crippen LogP contribution in [0.4, 0.5) is 0 Å². The van der Waals surface area contributed by atoms with Gasteiger partial charge in [0.25, 0.3) is 0 Å². The number of unbranched alkanes of at least 4 members (excludes halogenated alkanes) is 33. The van der Waals surface area contributed by atoms with Crippen LogP contribution in [0.1, 0.15) is 348 Å². The van der Waals surface area contributed by atoms with E-state index in [1.165, 1.54) is 180 Å². The number of likely N-dealkylation sites (N-methyl/N-ethyl adjacent to an activating group) is 1. The molecule has 9 nitrogen and oxygen atoms in total. The van der Waals surface area contributed by atoms with E-state index in [0.717, 1.165) is 135 Å². The second kappa shape index (κ2) is 84.0. The summed E-state index contributed by atoms with van der Waals surface area (Å²) in [5.41, 5.74) is 0. The van der Waals surface area contributed by atoms with Crippen molar-refractivity contribution in [1.29, 1.82) is 0 Å². The predicted molar refractivity (Wildman–Crippen MR) is 453 cm³/mol. The van der Waals surface area contributed by atoms with Gasteiger partial charge in [-0.1, -0.05) is 382 Å². The third-order valence-electron chi connectivity index (χ3n) is 18.1. The number of hydrogen-bond acceptors (Lipinski definition) is 8. The van der Waals surface area contributed by atoms with Crippen molar-refractivity contribution in [3.05, 3.63) is 182 Å². The number of rotatable bonds is 78. The molecule has 0 fully saturated rings. The van der Waals surface area contributed by atoms with Gasteiger partial charge in [0.2, 0.25) is 0 Å². The zero-order valence-electron chi connectivity index (χ0n) is 68.3. The molecule has 0 amide bonds. The van der Waals surface area contributed by atoms with Gasteiger partial charge in [0.15, 0.2) is 12.4 Å². The molecular weight excluding hydrogens is 1300 g/mol. The molecule has 0 spiro atoms. The van der Waals surface area contributed by atoms with Crippen molar-refractivity contribution in [2.24, 2.45) is 0 Å². The van der Waals surface area contributed by atoms with Gasteiger partial charge in [0.05, 0.1) is 40.3 Å². The van der Waals surface area contributed by atoms with Crippen molar-refractivity contribution >= 4 is 17.9 Å². The maximum absolute atomic E-state index is 13.0. The zero-order valence-corrected chi connectivity index (χ0v) is 68.3. The number of allylic oxidation sites excluding steroid dienone is 30. The minimum Gasteiger partial charge on any atom is -0.545 e. The Morgan fingerprint density at radius 1 is 0.286 bits per heavy atom. The molecule has 0 aliphatic heterocycles. The zero-order chi connectivity index (χ0) is 76.0. The molecule has 0 saturated heterocycles. The van der Waals surface area contributed by atoms with Crippen LogP contribution in [0, 0.1) is 0 Å². The number of carboxylic acid groups (broad SMARTS) is 1. The largest absolute Gasteiger partial charge is 0.545 e. The Morgan fingerprint density at radius 3 is 0.762 bits per heavy atom. The fourth-order valence-electron chi connectivity index (χ4n) is 11.7. The molecule has 9 heteroatoms. The Bertz CT molecular complexity index is 2400. The quantitative estimate of drug-likeness (QED) is 0.0195. The second-order valence-corrected chi connectivity index (χ2v) is 29.4. The van der Waals surface area contributed by atoms with E-state index in [4.69, 9.17) is 18.9 Å². The minimum absolute atomic E-state index is 0.142. The molecule has 596 valence electrons. The number of nitrogens with zero attached hydrogens (tertiary/aromatic N) is 1. The van der Waals surface area contributed by atoms with E-state index in [-0.39, 0.29) is 38.6 Å². The number of carbonyl (C=O) groups excluding carboxylic acids is 3. The van der Waals surface area contributed by atoms with Crippen molar-refractivity contribution in [1.82, 2.24) is 0 Å². The summed E-state index contributed by atoms with van der Waals surface area (Å²) in [6, 6.07) is 0. The normalized spacial score (nSPS) is 13.6. The van der Waals surface area contributed by atoms with Crippen LogP contribution in [-0.2, 0) is 33.3 Å². The van der Waals surface area contributed by atoms with Crippen molar-refractivity contribution in [3.8, 4) is 0 Å². The number of carboxylic acids is 1. The molecule has 105 heavy (non-hydrogen) atoms. The summed E-state index contributed by atoms with van der Waals surface area (Å²) in [5.74, 6) is -2.28. The van der Waals surface area contributed by atoms with Gasteiger partial charge in [-0.3, -0.25) is 9.59 Å². The van der Waals surface area contributed by atoms with Crippen molar-refractivity contribution in [3.63, 3.8) is 0 Å². The van der Waals surface area contributed by atoms with Crippen LogP contribution in [0.15, 0.2) is 182 Å². The highest BCUT2D eigenvalue weighted by Gasteiger charge is 2.22. The minimum atomic E-state index is -1.63. The number of esters is 2. The second-order valence-electron chi connectivity index (χ2n) is 29.4. The number of ether oxygens (including phenoxy) is 4. The summed E-state index contributed by atoms with van der Waals surface area (Å²) >= 11 is 0. The third-order valence-corrected chi connectivity index (χ3v) is 18.1. The lowest BCUT2D eigenvalue weighted by molar-refractivity contribution is -0.870. The molecular formula is C96H159NO8. The topological polar surface area (TPSA) is 111 Å². The molecule has 0 radical (unpaired) electrons. The van der Waals surface area contributed by atoms with Gasteiger partial charge in [0, 0.05) is 12.8 Å². The van der Waals surface area contributed by atoms with Gasteiger partial charge < -0.3 is 33.3 Å². The molecule has 0 aromatic carbocycles.